The Balaban J connectivity index is 1.52. The molecule has 1 N–H and O–H groups in total. The lowest BCUT2D eigenvalue weighted by atomic mass is 10.0. The van der Waals surface area contributed by atoms with Crippen molar-refractivity contribution in [3.8, 4) is 0 Å². The minimum atomic E-state index is 0.452. The first-order valence-electron chi connectivity index (χ1n) is 8.06. The maximum absolute atomic E-state index is 5.13. The molecule has 0 bridgehead atoms. The van der Waals surface area contributed by atoms with E-state index in [0.29, 0.717) is 6.04 Å². The van der Waals surface area contributed by atoms with Crippen LogP contribution in [0.4, 0.5) is 11.6 Å². The molecular formula is C17H23N5O. The van der Waals surface area contributed by atoms with E-state index in [1.807, 2.05) is 18.5 Å². The number of methoxy groups -OCH3 is 1. The van der Waals surface area contributed by atoms with Crippen LogP contribution >= 0.6 is 0 Å². The molecule has 0 atom stereocenters. The first kappa shape index (κ1) is 15.7. The number of hydrogen-bond donors (Lipinski definition) is 1. The molecule has 0 aliphatic carbocycles. The van der Waals surface area contributed by atoms with E-state index in [9.17, 15) is 0 Å². The van der Waals surface area contributed by atoms with Crippen LogP contribution in [-0.2, 0) is 11.2 Å². The van der Waals surface area contributed by atoms with Crippen molar-refractivity contribution in [3.63, 3.8) is 0 Å². The van der Waals surface area contributed by atoms with Crippen molar-refractivity contribution in [2.24, 2.45) is 0 Å². The smallest absolute Gasteiger partial charge is 0.147 e. The van der Waals surface area contributed by atoms with E-state index in [-0.39, 0.29) is 0 Å². The summed E-state index contributed by atoms with van der Waals surface area (Å²) in [7, 11) is 1.73. The lowest BCUT2D eigenvalue weighted by Gasteiger charge is -2.33. The molecule has 0 radical (unpaired) electrons. The average Bonchev–Trinajstić information content (AvgIpc) is 2.62. The Morgan fingerprint density at radius 2 is 2.09 bits per heavy atom. The molecule has 0 aromatic carbocycles. The van der Waals surface area contributed by atoms with Crippen molar-refractivity contribution < 1.29 is 4.74 Å². The Morgan fingerprint density at radius 1 is 1.22 bits per heavy atom. The third-order valence-corrected chi connectivity index (χ3v) is 4.14. The van der Waals surface area contributed by atoms with Crippen LogP contribution < -0.4 is 10.2 Å². The number of pyridine rings is 1. The third kappa shape index (κ3) is 4.39. The van der Waals surface area contributed by atoms with Crippen molar-refractivity contribution in [2.45, 2.75) is 25.3 Å². The summed E-state index contributed by atoms with van der Waals surface area (Å²) in [6.45, 7) is 2.71. The standard InChI is InChI=1S/C17H23N5O/c1-23-11-5-14-2-6-19-16(12-14)21-15-3-9-22(10-4-15)17-13-18-7-8-20-17/h2,6-8,12-13,15H,3-5,9-11H2,1H3,(H,19,21). The quantitative estimate of drug-likeness (QED) is 0.881. The summed E-state index contributed by atoms with van der Waals surface area (Å²) in [6, 6.07) is 4.61. The summed E-state index contributed by atoms with van der Waals surface area (Å²) in [5.74, 6) is 1.92. The molecule has 2 aromatic rings. The van der Waals surface area contributed by atoms with Crippen LogP contribution in [0.2, 0.25) is 0 Å². The summed E-state index contributed by atoms with van der Waals surface area (Å²) in [5.41, 5.74) is 1.25. The molecule has 1 saturated heterocycles. The van der Waals surface area contributed by atoms with E-state index in [4.69, 9.17) is 4.74 Å². The van der Waals surface area contributed by atoms with Gasteiger partial charge in [-0.1, -0.05) is 0 Å². The fourth-order valence-corrected chi connectivity index (χ4v) is 2.85. The largest absolute Gasteiger partial charge is 0.384 e. The molecule has 0 unspecified atom stereocenters. The lowest BCUT2D eigenvalue weighted by molar-refractivity contribution is 0.202. The predicted molar refractivity (Wildman–Crippen MR) is 90.7 cm³/mol. The van der Waals surface area contributed by atoms with E-state index in [0.717, 1.165) is 50.6 Å². The van der Waals surface area contributed by atoms with Gasteiger partial charge in [0.1, 0.15) is 11.6 Å². The van der Waals surface area contributed by atoms with Crippen molar-refractivity contribution >= 4 is 11.6 Å². The number of nitrogens with one attached hydrogen (secondary N) is 1. The molecular weight excluding hydrogens is 290 g/mol. The zero-order valence-corrected chi connectivity index (χ0v) is 13.5. The molecule has 6 nitrogen and oxygen atoms in total. The minimum absolute atomic E-state index is 0.452. The van der Waals surface area contributed by atoms with Gasteiger partial charge in [0.05, 0.1) is 12.8 Å². The van der Waals surface area contributed by atoms with Gasteiger partial charge < -0.3 is 15.0 Å². The molecule has 3 heterocycles. The molecule has 1 aliphatic heterocycles. The van der Waals surface area contributed by atoms with Gasteiger partial charge in [-0.3, -0.25) is 4.98 Å². The molecule has 2 aromatic heterocycles. The van der Waals surface area contributed by atoms with Crippen LogP contribution in [0.3, 0.4) is 0 Å². The molecule has 0 saturated carbocycles. The Bertz CT molecular complexity index is 599. The Kier molecular flexibility index (Phi) is 5.37. The van der Waals surface area contributed by atoms with Gasteiger partial charge in [-0.2, -0.15) is 0 Å². The monoisotopic (exact) mass is 313 g/mol. The predicted octanol–water partition coefficient (Wildman–Crippen LogP) is 2.14. The zero-order chi connectivity index (χ0) is 15.9. The van der Waals surface area contributed by atoms with E-state index >= 15 is 0 Å². The molecule has 0 spiro atoms. The van der Waals surface area contributed by atoms with Crippen molar-refractivity contribution in [2.75, 3.05) is 37.0 Å². The molecule has 1 fully saturated rings. The maximum Gasteiger partial charge on any atom is 0.147 e. The Labute approximate surface area is 136 Å². The lowest BCUT2D eigenvalue weighted by Crippen LogP contribution is -2.39. The SMILES string of the molecule is COCCc1ccnc(NC2CCN(c3cnccn3)CC2)c1. The highest BCUT2D eigenvalue weighted by atomic mass is 16.5. The molecule has 3 rings (SSSR count). The van der Waals surface area contributed by atoms with Crippen LogP contribution in [0.25, 0.3) is 0 Å². The normalized spacial score (nSPS) is 15.6. The van der Waals surface area contributed by atoms with Crippen LogP contribution in [0, 0.1) is 0 Å². The van der Waals surface area contributed by atoms with E-state index in [1.165, 1.54) is 5.56 Å². The number of aromatic nitrogens is 3. The number of ether oxygens (including phenoxy) is 1. The summed E-state index contributed by atoms with van der Waals surface area (Å²) in [6.07, 6.45) is 10.2. The second kappa shape index (κ2) is 7.87. The third-order valence-electron chi connectivity index (χ3n) is 4.14. The topological polar surface area (TPSA) is 63.2 Å². The zero-order valence-electron chi connectivity index (χ0n) is 13.5. The van der Waals surface area contributed by atoms with Crippen molar-refractivity contribution in [3.05, 3.63) is 42.5 Å². The fraction of sp³-hybridized carbons (Fsp3) is 0.471. The number of nitrogens with zero attached hydrogens (tertiary/aromatic N) is 4. The van der Waals surface area contributed by atoms with E-state index < -0.39 is 0 Å². The van der Waals surface area contributed by atoms with Crippen molar-refractivity contribution in [1.29, 1.82) is 0 Å². The van der Waals surface area contributed by atoms with Gasteiger partial charge in [0, 0.05) is 44.8 Å². The van der Waals surface area contributed by atoms with Crippen LogP contribution in [0.1, 0.15) is 18.4 Å². The Hall–Kier alpha value is -2.21. The van der Waals surface area contributed by atoms with Gasteiger partial charge in [-0.25, -0.2) is 9.97 Å². The van der Waals surface area contributed by atoms with E-state index in [2.05, 4.69) is 31.2 Å². The molecule has 0 amide bonds. The fourth-order valence-electron chi connectivity index (χ4n) is 2.85. The van der Waals surface area contributed by atoms with Crippen LogP contribution in [-0.4, -0.2) is 47.8 Å². The highest BCUT2D eigenvalue weighted by Gasteiger charge is 2.20. The molecule has 23 heavy (non-hydrogen) atoms. The first-order chi connectivity index (χ1) is 11.3. The van der Waals surface area contributed by atoms with Gasteiger partial charge in [0.25, 0.3) is 0 Å². The van der Waals surface area contributed by atoms with Gasteiger partial charge >= 0.3 is 0 Å². The first-order valence-corrected chi connectivity index (χ1v) is 8.06. The molecule has 6 heteroatoms. The van der Waals surface area contributed by atoms with Gasteiger partial charge in [-0.05, 0) is 37.0 Å². The molecule has 1 aliphatic rings. The Morgan fingerprint density at radius 3 is 2.83 bits per heavy atom. The van der Waals surface area contributed by atoms with Gasteiger partial charge in [-0.15, -0.1) is 0 Å². The second-order valence-electron chi connectivity index (χ2n) is 5.76. The van der Waals surface area contributed by atoms with Gasteiger partial charge in [0.15, 0.2) is 0 Å². The summed E-state index contributed by atoms with van der Waals surface area (Å²) in [4.78, 5) is 15.2. The second-order valence-corrected chi connectivity index (χ2v) is 5.76. The summed E-state index contributed by atoms with van der Waals surface area (Å²) >= 11 is 0. The average molecular weight is 313 g/mol. The number of piperidine rings is 1. The highest BCUT2D eigenvalue weighted by molar-refractivity contribution is 5.40. The van der Waals surface area contributed by atoms with Gasteiger partial charge in [0.2, 0.25) is 0 Å². The highest BCUT2D eigenvalue weighted by Crippen LogP contribution is 2.19. The number of anilines is 2. The van der Waals surface area contributed by atoms with Crippen LogP contribution in [0.15, 0.2) is 36.9 Å². The van der Waals surface area contributed by atoms with Crippen molar-refractivity contribution in [1.82, 2.24) is 15.0 Å². The minimum Gasteiger partial charge on any atom is -0.384 e. The summed E-state index contributed by atoms with van der Waals surface area (Å²) < 4.78 is 5.13. The van der Waals surface area contributed by atoms with E-state index in [1.54, 1.807) is 19.5 Å². The maximum atomic E-state index is 5.13. The van der Waals surface area contributed by atoms with Crippen LogP contribution in [0.5, 0.6) is 0 Å². The molecule has 122 valence electrons. The number of rotatable bonds is 6. The summed E-state index contributed by atoms with van der Waals surface area (Å²) in [5, 5.41) is 3.56. The number of hydrogen-bond acceptors (Lipinski definition) is 6.